The highest BCUT2D eigenvalue weighted by molar-refractivity contribution is 7.99. The second-order valence-corrected chi connectivity index (χ2v) is 8.05. The largest absolute Gasteiger partial charge is 0.348 e. The van der Waals surface area contributed by atoms with Crippen molar-refractivity contribution in [3.63, 3.8) is 0 Å². The summed E-state index contributed by atoms with van der Waals surface area (Å²) in [6, 6.07) is 17.6. The van der Waals surface area contributed by atoms with Crippen LogP contribution in [-0.2, 0) is 16.0 Å². The Morgan fingerprint density at radius 1 is 1.00 bits per heavy atom. The number of thioether (sulfide) groups is 1. The summed E-state index contributed by atoms with van der Waals surface area (Å²) in [6.07, 6.45) is 3.47. The van der Waals surface area contributed by atoms with Gasteiger partial charge in [-0.15, -0.1) is 11.8 Å². The van der Waals surface area contributed by atoms with Crippen LogP contribution >= 0.6 is 11.8 Å². The molecule has 5 heteroatoms. The topological polar surface area (TPSA) is 58.2 Å². The Morgan fingerprint density at radius 2 is 1.68 bits per heavy atom. The van der Waals surface area contributed by atoms with Gasteiger partial charge in [0.1, 0.15) is 6.04 Å². The molecule has 0 heterocycles. The molecule has 4 nitrogen and oxygen atoms in total. The van der Waals surface area contributed by atoms with Crippen molar-refractivity contribution in [2.75, 3.05) is 5.75 Å². The first-order valence-electron chi connectivity index (χ1n) is 9.83. The Hall–Kier alpha value is -2.27. The normalized spacial score (nSPS) is 12.8. The van der Waals surface area contributed by atoms with Gasteiger partial charge in [-0.1, -0.05) is 55.8 Å². The number of aryl methyl sites for hydroxylation is 1. The highest BCUT2D eigenvalue weighted by Crippen LogP contribution is 2.21. The van der Waals surface area contributed by atoms with Gasteiger partial charge in [0.2, 0.25) is 11.8 Å². The molecule has 2 atom stereocenters. The minimum Gasteiger partial charge on any atom is -0.348 e. The lowest BCUT2D eigenvalue weighted by Crippen LogP contribution is -2.48. The van der Waals surface area contributed by atoms with E-state index < -0.39 is 6.04 Å². The molecule has 0 saturated carbocycles. The van der Waals surface area contributed by atoms with Crippen LogP contribution in [0.15, 0.2) is 59.5 Å². The van der Waals surface area contributed by atoms with Crippen molar-refractivity contribution >= 4 is 23.6 Å². The van der Waals surface area contributed by atoms with E-state index in [0.717, 1.165) is 16.9 Å². The summed E-state index contributed by atoms with van der Waals surface area (Å²) in [5, 5.41) is 5.78. The lowest BCUT2D eigenvalue weighted by molar-refractivity contribution is -0.127. The molecule has 0 saturated heterocycles. The van der Waals surface area contributed by atoms with Crippen molar-refractivity contribution in [3.8, 4) is 0 Å². The Balaban J connectivity index is 1.94. The number of nitrogens with one attached hydrogen (secondary N) is 2. The lowest BCUT2D eigenvalue weighted by Gasteiger charge is -2.21. The van der Waals surface area contributed by atoms with Gasteiger partial charge in [-0.05, 0) is 43.0 Å². The number of benzene rings is 2. The third-order valence-corrected chi connectivity index (χ3v) is 5.62. The van der Waals surface area contributed by atoms with E-state index in [1.54, 1.807) is 11.8 Å². The fourth-order valence-electron chi connectivity index (χ4n) is 2.88. The van der Waals surface area contributed by atoms with E-state index in [-0.39, 0.29) is 17.9 Å². The molecule has 2 aromatic carbocycles. The molecular weight excluding hydrogens is 368 g/mol. The molecule has 0 spiro atoms. The molecule has 150 valence electrons. The molecule has 2 unspecified atom stereocenters. The monoisotopic (exact) mass is 398 g/mol. The molecule has 0 aliphatic heterocycles. The van der Waals surface area contributed by atoms with E-state index in [1.165, 1.54) is 25.3 Å². The van der Waals surface area contributed by atoms with Crippen molar-refractivity contribution in [3.05, 3.63) is 65.7 Å². The van der Waals surface area contributed by atoms with E-state index in [0.29, 0.717) is 5.75 Å². The van der Waals surface area contributed by atoms with Crippen LogP contribution in [0.2, 0.25) is 0 Å². The maximum atomic E-state index is 12.7. The zero-order valence-corrected chi connectivity index (χ0v) is 17.7. The summed E-state index contributed by atoms with van der Waals surface area (Å²) in [7, 11) is 0. The van der Waals surface area contributed by atoms with E-state index in [1.807, 2.05) is 37.3 Å². The standard InChI is InChI=1S/C23H30N2O2S/c1-4-5-9-19-12-14-21(15-13-19)28-16-22(25-18(3)26)23(27)24-17(2)20-10-7-6-8-11-20/h6-8,10-15,17,22H,4-5,9,16H2,1-3H3,(H,24,27)(H,25,26). The molecule has 2 rings (SSSR count). The summed E-state index contributed by atoms with van der Waals surface area (Å²) in [5.41, 5.74) is 2.37. The van der Waals surface area contributed by atoms with Gasteiger partial charge in [0.05, 0.1) is 6.04 Å². The molecule has 0 aliphatic carbocycles. The molecular formula is C23H30N2O2S. The van der Waals surface area contributed by atoms with Gasteiger partial charge in [0, 0.05) is 17.6 Å². The quantitative estimate of drug-likeness (QED) is 0.579. The first kappa shape index (κ1) is 22.0. The SMILES string of the molecule is CCCCc1ccc(SCC(NC(C)=O)C(=O)NC(C)c2ccccc2)cc1. The summed E-state index contributed by atoms with van der Waals surface area (Å²) in [5.74, 6) is 0.114. The second kappa shape index (κ2) is 11.5. The van der Waals surface area contributed by atoms with Crippen LogP contribution in [0.25, 0.3) is 0 Å². The molecule has 0 aliphatic rings. The Kier molecular flexibility index (Phi) is 9.08. The molecule has 2 amide bonds. The zero-order chi connectivity index (χ0) is 20.4. The van der Waals surface area contributed by atoms with Gasteiger partial charge in [-0.3, -0.25) is 9.59 Å². The van der Waals surface area contributed by atoms with Crippen molar-refractivity contribution in [1.82, 2.24) is 10.6 Å². The number of amides is 2. The number of carbonyl (C=O) groups excluding carboxylic acids is 2. The van der Waals surface area contributed by atoms with Crippen LogP contribution in [0.1, 0.15) is 50.8 Å². The first-order chi connectivity index (χ1) is 13.5. The van der Waals surface area contributed by atoms with Crippen LogP contribution in [0.4, 0.5) is 0 Å². The number of hydrogen-bond donors (Lipinski definition) is 2. The predicted octanol–water partition coefficient (Wildman–Crippen LogP) is 4.50. The van der Waals surface area contributed by atoms with Gasteiger partial charge >= 0.3 is 0 Å². The van der Waals surface area contributed by atoms with Crippen LogP contribution in [0.5, 0.6) is 0 Å². The van der Waals surface area contributed by atoms with Gasteiger partial charge in [-0.2, -0.15) is 0 Å². The van der Waals surface area contributed by atoms with Crippen molar-refractivity contribution in [2.45, 2.75) is 57.0 Å². The Morgan fingerprint density at radius 3 is 2.29 bits per heavy atom. The van der Waals surface area contributed by atoms with Crippen LogP contribution in [-0.4, -0.2) is 23.6 Å². The highest BCUT2D eigenvalue weighted by Gasteiger charge is 2.21. The molecule has 2 N–H and O–H groups in total. The average molecular weight is 399 g/mol. The summed E-state index contributed by atoms with van der Waals surface area (Å²) >= 11 is 1.58. The maximum Gasteiger partial charge on any atom is 0.243 e. The molecule has 0 fully saturated rings. The van der Waals surface area contributed by atoms with Crippen molar-refractivity contribution in [2.24, 2.45) is 0 Å². The number of unbranched alkanes of at least 4 members (excludes halogenated alkanes) is 1. The minimum atomic E-state index is -0.576. The fraction of sp³-hybridized carbons (Fsp3) is 0.391. The van der Waals surface area contributed by atoms with Gasteiger partial charge in [0.25, 0.3) is 0 Å². The Bertz CT molecular complexity index is 747. The van der Waals surface area contributed by atoms with Crippen LogP contribution < -0.4 is 10.6 Å². The van der Waals surface area contributed by atoms with Crippen molar-refractivity contribution in [1.29, 1.82) is 0 Å². The number of rotatable bonds is 10. The second-order valence-electron chi connectivity index (χ2n) is 6.95. The average Bonchev–Trinajstić information content (AvgIpc) is 2.70. The summed E-state index contributed by atoms with van der Waals surface area (Å²) in [4.78, 5) is 25.4. The summed E-state index contributed by atoms with van der Waals surface area (Å²) < 4.78 is 0. The molecule has 28 heavy (non-hydrogen) atoms. The van der Waals surface area contributed by atoms with Crippen LogP contribution in [0.3, 0.4) is 0 Å². The van der Waals surface area contributed by atoms with Crippen LogP contribution in [0, 0.1) is 0 Å². The molecule has 0 radical (unpaired) electrons. The van der Waals surface area contributed by atoms with E-state index in [2.05, 4.69) is 41.8 Å². The number of hydrogen-bond acceptors (Lipinski definition) is 3. The fourth-order valence-corrected chi connectivity index (χ4v) is 3.80. The summed E-state index contributed by atoms with van der Waals surface area (Å²) in [6.45, 7) is 5.57. The molecule has 2 aromatic rings. The third-order valence-electron chi connectivity index (χ3n) is 4.51. The van der Waals surface area contributed by atoms with E-state index in [4.69, 9.17) is 0 Å². The highest BCUT2D eigenvalue weighted by atomic mass is 32.2. The molecule has 0 aromatic heterocycles. The first-order valence-corrected chi connectivity index (χ1v) is 10.8. The lowest BCUT2D eigenvalue weighted by atomic mass is 10.1. The maximum absolute atomic E-state index is 12.7. The van der Waals surface area contributed by atoms with Gasteiger partial charge < -0.3 is 10.6 Å². The van der Waals surface area contributed by atoms with E-state index >= 15 is 0 Å². The minimum absolute atomic E-state index is 0.118. The third kappa shape index (κ3) is 7.39. The molecule has 0 bridgehead atoms. The number of carbonyl (C=O) groups is 2. The smallest absolute Gasteiger partial charge is 0.243 e. The van der Waals surface area contributed by atoms with E-state index in [9.17, 15) is 9.59 Å². The van der Waals surface area contributed by atoms with Gasteiger partial charge in [-0.25, -0.2) is 0 Å². The zero-order valence-electron chi connectivity index (χ0n) is 16.9. The van der Waals surface area contributed by atoms with Crippen molar-refractivity contribution < 1.29 is 9.59 Å². The van der Waals surface area contributed by atoms with Gasteiger partial charge in [0.15, 0.2) is 0 Å². The Labute approximate surface area is 172 Å². The predicted molar refractivity (Wildman–Crippen MR) is 116 cm³/mol.